The lowest BCUT2D eigenvalue weighted by Crippen LogP contribution is -2.49. The number of fused-ring (bicyclic) bond motifs is 1. The molecule has 1 aromatic heterocycles. The van der Waals surface area contributed by atoms with Gasteiger partial charge in [0.2, 0.25) is 11.8 Å². The van der Waals surface area contributed by atoms with E-state index in [1.54, 1.807) is 48.7 Å². The first-order valence-corrected chi connectivity index (χ1v) is 15.3. The van der Waals surface area contributed by atoms with Crippen molar-refractivity contribution in [3.8, 4) is 11.8 Å². The maximum absolute atomic E-state index is 13.0. The highest BCUT2D eigenvalue weighted by Gasteiger charge is 2.28. The second kappa shape index (κ2) is 15.0. The van der Waals surface area contributed by atoms with Crippen LogP contribution in [0.15, 0.2) is 54.7 Å². The van der Waals surface area contributed by atoms with E-state index in [1.165, 1.54) is 4.90 Å². The number of amides is 3. The second-order valence-corrected chi connectivity index (χ2v) is 11.3. The summed E-state index contributed by atoms with van der Waals surface area (Å²) in [4.78, 5) is 48.4. The number of ether oxygens (including phenoxy) is 1. The molecule has 12 nitrogen and oxygen atoms in total. The Labute approximate surface area is 262 Å². The molecule has 3 amide bonds. The highest BCUT2D eigenvalue weighted by molar-refractivity contribution is 6.58. The quantitative estimate of drug-likeness (QED) is 0.205. The molecule has 2 aliphatic rings. The van der Waals surface area contributed by atoms with Crippen molar-refractivity contribution < 1.29 is 29.2 Å². The molecule has 1 atom stereocenters. The number of benzene rings is 2. The number of hydrogen-bond donors (Lipinski definition) is 3. The number of likely N-dealkylation sites (tertiary alicyclic amines) is 1. The Morgan fingerprint density at radius 2 is 1.80 bits per heavy atom. The minimum atomic E-state index is -1.52. The van der Waals surface area contributed by atoms with E-state index in [-0.39, 0.29) is 24.8 Å². The highest BCUT2D eigenvalue weighted by atomic mass is 16.5. The Hall–Kier alpha value is -4.51. The Balaban J connectivity index is 1.06. The third-order valence-corrected chi connectivity index (χ3v) is 8.33. The highest BCUT2D eigenvalue weighted by Crippen LogP contribution is 2.23. The van der Waals surface area contributed by atoms with Crippen LogP contribution < -0.4 is 15.5 Å². The van der Waals surface area contributed by atoms with Gasteiger partial charge >= 0.3 is 7.12 Å². The molecule has 0 radical (unpaired) electrons. The van der Waals surface area contributed by atoms with E-state index in [0.717, 1.165) is 38.0 Å². The molecule has 0 unspecified atom stereocenters. The molecule has 3 N–H and O–H groups in total. The van der Waals surface area contributed by atoms with Gasteiger partial charge in [-0.25, -0.2) is 0 Å². The van der Waals surface area contributed by atoms with Crippen LogP contribution >= 0.6 is 0 Å². The number of rotatable bonds is 11. The number of carbonyl (C=O) groups is 3. The number of aromatic nitrogens is 1. The van der Waals surface area contributed by atoms with Crippen molar-refractivity contribution in [3.63, 3.8) is 0 Å². The van der Waals surface area contributed by atoms with Crippen LogP contribution in [0.4, 0.5) is 0 Å². The number of nitrogens with zero attached hydrogens (tertiary/aromatic N) is 5. The van der Waals surface area contributed by atoms with Gasteiger partial charge in [0.15, 0.2) is 0 Å². The van der Waals surface area contributed by atoms with Gasteiger partial charge in [0.05, 0.1) is 36.7 Å². The van der Waals surface area contributed by atoms with Crippen molar-refractivity contribution in [2.24, 2.45) is 0 Å². The van der Waals surface area contributed by atoms with E-state index >= 15 is 0 Å². The van der Waals surface area contributed by atoms with Crippen LogP contribution in [-0.4, -0.2) is 113 Å². The summed E-state index contributed by atoms with van der Waals surface area (Å²) in [5, 5.41) is 31.0. The topological polar surface area (TPSA) is 159 Å². The molecule has 13 heteroatoms. The predicted octanol–water partition coefficient (Wildman–Crippen LogP) is 0.315. The minimum absolute atomic E-state index is 0.0555. The number of piperazine rings is 1. The fourth-order valence-electron chi connectivity index (χ4n) is 5.76. The van der Waals surface area contributed by atoms with E-state index in [1.807, 2.05) is 11.0 Å². The summed E-state index contributed by atoms with van der Waals surface area (Å²) in [5.41, 5.74) is 2.26. The van der Waals surface area contributed by atoms with Crippen molar-refractivity contribution in [1.82, 2.24) is 25.0 Å². The zero-order chi connectivity index (χ0) is 31.8. The average Bonchev–Trinajstić information content (AvgIpc) is 3.55. The summed E-state index contributed by atoms with van der Waals surface area (Å²) in [7, 11) is -1.52. The molecular weight excluding hydrogens is 575 g/mol. The van der Waals surface area contributed by atoms with Gasteiger partial charge in [0, 0.05) is 50.9 Å². The first kappa shape index (κ1) is 31.9. The van der Waals surface area contributed by atoms with Crippen molar-refractivity contribution in [3.05, 3.63) is 65.9 Å². The van der Waals surface area contributed by atoms with Gasteiger partial charge in [0.25, 0.3) is 5.91 Å². The minimum Gasteiger partial charge on any atom is -0.494 e. The first-order valence-electron chi connectivity index (χ1n) is 15.3. The van der Waals surface area contributed by atoms with Gasteiger partial charge < -0.3 is 29.9 Å². The first-order chi connectivity index (χ1) is 21.8. The zero-order valence-electron chi connectivity index (χ0n) is 25.1. The van der Waals surface area contributed by atoms with E-state index in [4.69, 9.17) is 4.74 Å². The zero-order valence-corrected chi connectivity index (χ0v) is 25.1. The molecule has 3 aromatic rings. The molecule has 2 aromatic carbocycles. The maximum Gasteiger partial charge on any atom is 0.488 e. The van der Waals surface area contributed by atoms with Crippen molar-refractivity contribution in [2.75, 3.05) is 52.4 Å². The number of nitriles is 1. The molecule has 0 spiro atoms. The standard InChI is InChI=1S/C32H37BN6O6/c34-21-25-3-1-13-39(25)31(41)22-36-32(42)27-10-11-35-29-9-8-26(20-28(27)29)45-18-2-12-37-14-16-38(17-15-37)30(40)19-23-4-6-24(7-5-23)33(43)44/h4-11,20,25,43-44H,1-3,12-19,22H2,(H,36,42)/t25-/m0/s1. The lowest BCUT2D eigenvalue weighted by molar-refractivity contribution is -0.132. The van der Waals surface area contributed by atoms with Gasteiger partial charge in [-0.1, -0.05) is 24.3 Å². The molecule has 0 saturated carbocycles. The SMILES string of the molecule is N#C[C@@H]1CCCN1C(=O)CNC(=O)c1ccnc2ccc(OCCCN3CCN(C(=O)Cc4ccc(B(O)O)cc4)CC3)cc12. The van der Waals surface area contributed by atoms with Crippen LogP contribution in [0.5, 0.6) is 5.75 Å². The Morgan fingerprint density at radius 1 is 1.02 bits per heavy atom. The van der Waals surface area contributed by atoms with Crippen molar-refractivity contribution in [2.45, 2.75) is 31.7 Å². The monoisotopic (exact) mass is 612 g/mol. The van der Waals surface area contributed by atoms with Crippen LogP contribution in [0.25, 0.3) is 10.9 Å². The second-order valence-electron chi connectivity index (χ2n) is 11.3. The molecule has 3 heterocycles. The van der Waals surface area contributed by atoms with Crippen LogP contribution in [0, 0.1) is 11.3 Å². The van der Waals surface area contributed by atoms with Gasteiger partial charge in [0.1, 0.15) is 11.8 Å². The van der Waals surface area contributed by atoms with Crippen LogP contribution in [0.2, 0.25) is 0 Å². The summed E-state index contributed by atoms with van der Waals surface area (Å²) >= 11 is 0. The molecule has 2 aliphatic heterocycles. The van der Waals surface area contributed by atoms with Crippen LogP contribution in [-0.2, 0) is 16.0 Å². The lowest BCUT2D eigenvalue weighted by atomic mass is 9.80. The van der Waals surface area contributed by atoms with E-state index in [9.17, 15) is 29.7 Å². The normalized spacial score (nSPS) is 16.8. The smallest absolute Gasteiger partial charge is 0.488 e. The Kier molecular flexibility index (Phi) is 10.6. The predicted molar refractivity (Wildman–Crippen MR) is 168 cm³/mol. The average molecular weight is 612 g/mol. The fraction of sp³-hybridized carbons (Fsp3) is 0.406. The van der Waals surface area contributed by atoms with Gasteiger partial charge in [-0.3, -0.25) is 24.3 Å². The van der Waals surface area contributed by atoms with Gasteiger partial charge in [-0.15, -0.1) is 0 Å². The summed E-state index contributed by atoms with van der Waals surface area (Å²) in [6.45, 7) is 4.51. The van der Waals surface area contributed by atoms with Crippen LogP contribution in [0.1, 0.15) is 35.2 Å². The van der Waals surface area contributed by atoms with Crippen molar-refractivity contribution in [1.29, 1.82) is 5.26 Å². The fourth-order valence-corrected chi connectivity index (χ4v) is 5.76. The van der Waals surface area contributed by atoms with Crippen molar-refractivity contribution >= 4 is 41.2 Å². The lowest BCUT2D eigenvalue weighted by Gasteiger charge is -2.34. The number of carbonyl (C=O) groups excluding carboxylic acids is 3. The molecule has 0 aliphatic carbocycles. The molecule has 5 rings (SSSR count). The number of nitrogens with one attached hydrogen (secondary N) is 1. The van der Waals surface area contributed by atoms with E-state index in [2.05, 4.69) is 21.3 Å². The molecule has 234 valence electrons. The van der Waals surface area contributed by atoms with Gasteiger partial charge in [-0.2, -0.15) is 5.26 Å². The largest absolute Gasteiger partial charge is 0.494 e. The third kappa shape index (κ3) is 8.16. The summed E-state index contributed by atoms with van der Waals surface area (Å²) in [6, 6.07) is 15.5. The Bertz CT molecular complexity index is 1550. The summed E-state index contributed by atoms with van der Waals surface area (Å²) < 4.78 is 6.01. The van der Waals surface area contributed by atoms with E-state index < -0.39 is 19.1 Å². The Morgan fingerprint density at radius 3 is 2.53 bits per heavy atom. The molecule has 45 heavy (non-hydrogen) atoms. The number of pyridine rings is 1. The maximum atomic E-state index is 13.0. The summed E-state index contributed by atoms with van der Waals surface area (Å²) in [5.74, 6) is 0.0132. The van der Waals surface area contributed by atoms with Gasteiger partial charge in [-0.05, 0) is 54.6 Å². The molecule has 2 fully saturated rings. The third-order valence-electron chi connectivity index (χ3n) is 8.33. The molecular formula is C32H37BN6O6. The molecule has 0 bridgehead atoms. The van der Waals surface area contributed by atoms with E-state index in [0.29, 0.717) is 60.3 Å². The van der Waals surface area contributed by atoms with Crippen LogP contribution in [0.3, 0.4) is 0 Å². The summed E-state index contributed by atoms with van der Waals surface area (Å²) in [6.07, 6.45) is 4.06. The molecule has 2 saturated heterocycles. The number of hydrogen-bond acceptors (Lipinski definition) is 9.